The van der Waals surface area contributed by atoms with Crippen molar-refractivity contribution in [1.29, 1.82) is 0 Å². The zero-order chi connectivity index (χ0) is 22.3. The predicted octanol–water partition coefficient (Wildman–Crippen LogP) is 4.69. The summed E-state index contributed by atoms with van der Waals surface area (Å²) in [6.07, 6.45) is 0.342. The van der Waals surface area contributed by atoms with Crippen molar-refractivity contribution in [3.05, 3.63) is 83.9 Å². The molecule has 1 fully saturated rings. The number of anilines is 1. The molecule has 2 heterocycles. The maximum atomic E-state index is 13.2. The third kappa shape index (κ3) is 4.04. The number of sulfone groups is 1. The Morgan fingerprint density at radius 1 is 1.03 bits per heavy atom. The van der Waals surface area contributed by atoms with Crippen molar-refractivity contribution >= 4 is 26.4 Å². The Morgan fingerprint density at radius 3 is 2.59 bits per heavy atom. The van der Waals surface area contributed by atoms with Gasteiger partial charge in [-0.25, -0.2) is 8.42 Å². The van der Waals surface area contributed by atoms with Crippen molar-refractivity contribution in [2.45, 2.75) is 30.1 Å². The molecular formula is C26H26N2O3S. The quantitative estimate of drug-likeness (QED) is 0.467. The van der Waals surface area contributed by atoms with Crippen LogP contribution in [0.15, 0.2) is 77.7 Å². The number of nitrogens with one attached hydrogen (secondary N) is 1. The summed E-state index contributed by atoms with van der Waals surface area (Å²) in [6.45, 7) is 3.33. The first kappa shape index (κ1) is 20.8. The monoisotopic (exact) mass is 446 g/mol. The molecular weight excluding hydrogens is 420 g/mol. The van der Waals surface area contributed by atoms with Gasteiger partial charge >= 0.3 is 0 Å². The minimum absolute atomic E-state index is 0.0407. The van der Waals surface area contributed by atoms with E-state index in [-0.39, 0.29) is 11.9 Å². The van der Waals surface area contributed by atoms with E-state index in [0.29, 0.717) is 17.9 Å². The largest absolute Gasteiger partial charge is 0.391 e. The van der Waals surface area contributed by atoms with Gasteiger partial charge in [0.2, 0.25) is 0 Å². The Morgan fingerprint density at radius 2 is 1.84 bits per heavy atom. The van der Waals surface area contributed by atoms with Crippen molar-refractivity contribution in [2.24, 2.45) is 0 Å². The fourth-order valence-electron chi connectivity index (χ4n) is 4.42. The van der Waals surface area contributed by atoms with E-state index in [1.54, 1.807) is 12.1 Å². The van der Waals surface area contributed by atoms with Crippen LogP contribution in [0.5, 0.6) is 0 Å². The Bertz CT molecular complexity index is 1380. The number of aliphatic hydroxyl groups is 1. The first-order chi connectivity index (χ1) is 15.4. The van der Waals surface area contributed by atoms with Crippen molar-refractivity contribution in [1.82, 2.24) is 4.98 Å². The lowest BCUT2D eigenvalue weighted by Gasteiger charge is -2.22. The van der Waals surface area contributed by atoms with E-state index in [1.807, 2.05) is 43.3 Å². The summed E-state index contributed by atoms with van der Waals surface area (Å²) in [5.41, 5.74) is 5.59. The zero-order valence-electron chi connectivity index (χ0n) is 18.0. The number of nitrogens with zero attached hydrogens (tertiary/aromatic N) is 1. The highest BCUT2D eigenvalue weighted by Gasteiger charge is 2.25. The lowest BCUT2D eigenvalue weighted by molar-refractivity contribution is 0.198. The molecule has 1 aromatic heterocycles. The molecule has 1 aliphatic rings. The fourth-order valence-corrected chi connectivity index (χ4v) is 5.79. The van der Waals surface area contributed by atoms with Gasteiger partial charge in [0.1, 0.15) is 0 Å². The summed E-state index contributed by atoms with van der Waals surface area (Å²) in [5, 5.41) is 11.1. The number of H-pyrrole nitrogens is 1. The highest BCUT2D eigenvalue weighted by atomic mass is 32.2. The molecule has 0 saturated carbocycles. The Balaban J connectivity index is 1.61. The van der Waals surface area contributed by atoms with Crippen LogP contribution < -0.4 is 4.90 Å². The molecule has 5 nitrogen and oxygen atoms in total. The molecule has 0 aliphatic carbocycles. The molecule has 1 atom stereocenters. The van der Waals surface area contributed by atoms with E-state index >= 15 is 0 Å². The second-order valence-corrected chi connectivity index (χ2v) is 10.6. The van der Waals surface area contributed by atoms with E-state index in [9.17, 15) is 13.5 Å². The fraction of sp³-hybridized carbons (Fsp3) is 0.231. The maximum absolute atomic E-state index is 13.2. The number of aromatic nitrogens is 1. The second kappa shape index (κ2) is 8.11. The van der Waals surface area contributed by atoms with Crippen LogP contribution in [0.2, 0.25) is 0 Å². The number of β-amino-alcohol motifs (C(OH)–C–C–N with tert-alkyl or cyclic N) is 1. The van der Waals surface area contributed by atoms with E-state index < -0.39 is 9.84 Å². The second-order valence-electron chi connectivity index (χ2n) is 8.59. The van der Waals surface area contributed by atoms with Crippen LogP contribution in [-0.2, 0) is 15.6 Å². The number of aliphatic hydroxyl groups excluding tert-OH is 1. The van der Waals surface area contributed by atoms with Gasteiger partial charge in [-0.3, -0.25) is 0 Å². The molecule has 1 aliphatic heterocycles. The lowest BCUT2D eigenvalue weighted by atomic mass is 10.1. The number of aryl methyl sites for hydroxylation is 1. The molecule has 32 heavy (non-hydrogen) atoms. The third-order valence-corrected chi connectivity index (χ3v) is 7.78. The Hall–Kier alpha value is -3.09. The summed E-state index contributed by atoms with van der Waals surface area (Å²) in [5.74, 6) is -0.0407. The minimum Gasteiger partial charge on any atom is -0.391 e. The number of hydrogen-bond donors (Lipinski definition) is 2. The number of rotatable bonds is 5. The van der Waals surface area contributed by atoms with Gasteiger partial charge in [0, 0.05) is 40.9 Å². The molecule has 1 saturated heterocycles. The standard InChI is InChI=1S/C26H26N2O3S/c1-18-7-8-20-14-25(27-24(20)13-18)23-15-22(9-10-26(23)28-12-11-21(29)16-28)32(30,31)17-19-5-3-2-4-6-19/h2-10,13-15,21,27,29H,11-12,16-17H2,1H3/t21-/m0/s1. The van der Waals surface area contributed by atoms with Gasteiger partial charge < -0.3 is 15.0 Å². The van der Waals surface area contributed by atoms with Gasteiger partial charge in [-0.05, 0) is 54.8 Å². The van der Waals surface area contributed by atoms with Gasteiger partial charge in [0.05, 0.1) is 16.8 Å². The minimum atomic E-state index is -3.51. The van der Waals surface area contributed by atoms with Gasteiger partial charge in [0.25, 0.3) is 0 Å². The number of benzene rings is 3. The predicted molar refractivity (Wildman–Crippen MR) is 129 cm³/mol. The van der Waals surface area contributed by atoms with Crippen molar-refractivity contribution in [3.8, 4) is 11.3 Å². The van der Waals surface area contributed by atoms with Crippen LogP contribution in [0.1, 0.15) is 17.5 Å². The third-order valence-electron chi connectivity index (χ3n) is 6.10. The van der Waals surface area contributed by atoms with Crippen LogP contribution in [0.4, 0.5) is 5.69 Å². The summed E-state index contributed by atoms with van der Waals surface area (Å²) in [4.78, 5) is 5.90. The number of hydrogen-bond acceptors (Lipinski definition) is 4. The normalized spacial score (nSPS) is 16.7. The average molecular weight is 447 g/mol. The molecule has 4 aromatic rings. The van der Waals surface area contributed by atoms with Gasteiger partial charge in [-0.1, -0.05) is 42.5 Å². The van der Waals surface area contributed by atoms with Crippen LogP contribution in [0, 0.1) is 6.92 Å². The highest BCUT2D eigenvalue weighted by molar-refractivity contribution is 7.90. The SMILES string of the molecule is Cc1ccc2cc(-c3cc(S(=O)(=O)Cc4ccccc4)ccc3N3CC[C@H](O)C3)[nH]c2c1. The molecule has 164 valence electrons. The summed E-state index contributed by atoms with van der Waals surface area (Å²) in [6, 6.07) is 22.9. The molecule has 3 aromatic carbocycles. The van der Waals surface area contributed by atoms with E-state index in [4.69, 9.17) is 0 Å². The van der Waals surface area contributed by atoms with Crippen molar-refractivity contribution < 1.29 is 13.5 Å². The molecule has 0 unspecified atom stereocenters. The first-order valence-corrected chi connectivity index (χ1v) is 12.5. The Kier molecular flexibility index (Phi) is 5.27. The lowest BCUT2D eigenvalue weighted by Crippen LogP contribution is -2.22. The van der Waals surface area contributed by atoms with E-state index in [0.717, 1.165) is 45.5 Å². The molecule has 6 heteroatoms. The highest BCUT2D eigenvalue weighted by Crippen LogP contribution is 2.36. The first-order valence-electron chi connectivity index (χ1n) is 10.8. The summed E-state index contributed by atoms with van der Waals surface area (Å²) >= 11 is 0. The summed E-state index contributed by atoms with van der Waals surface area (Å²) in [7, 11) is -3.51. The van der Waals surface area contributed by atoms with Crippen LogP contribution in [0.25, 0.3) is 22.2 Å². The zero-order valence-corrected chi connectivity index (χ0v) is 18.8. The van der Waals surface area contributed by atoms with Crippen LogP contribution in [0.3, 0.4) is 0 Å². The van der Waals surface area contributed by atoms with Gasteiger partial charge in [-0.15, -0.1) is 0 Å². The number of aromatic amines is 1. The molecule has 0 bridgehead atoms. The molecule has 2 N–H and O–H groups in total. The van der Waals surface area contributed by atoms with Gasteiger partial charge in [-0.2, -0.15) is 0 Å². The van der Waals surface area contributed by atoms with Crippen LogP contribution in [-0.4, -0.2) is 37.7 Å². The molecule has 0 spiro atoms. The van der Waals surface area contributed by atoms with E-state index in [2.05, 4.69) is 34.1 Å². The summed E-state index contributed by atoms with van der Waals surface area (Å²) < 4.78 is 26.4. The van der Waals surface area contributed by atoms with Crippen LogP contribution >= 0.6 is 0 Å². The Labute approximate surface area is 188 Å². The maximum Gasteiger partial charge on any atom is 0.182 e. The topological polar surface area (TPSA) is 73.4 Å². The smallest absolute Gasteiger partial charge is 0.182 e. The molecule has 0 radical (unpaired) electrons. The van der Waals surface area contributed by atoms with Crippen molar-refractivity contribution in [3.63, 3.8) is 0 Å². The van der Waals surface area contributed by atoms with Gasteiger partial charge in [0.15, 0.2) is 9.84 Å². The van der Waals surface area contributed by atoms with Crippen molar-refractivity contribution in [2.75, 3.05) is 18.0 Å². The van der Waals surface area contributed by atoms with E-state index in [1.165, 1.54) is 0 Å². The molecule has 5 rings (SSSR count). The average Bonchev–Trinajstić information content (AvgIpc) is 3.39. The molecule has 0 amide bonds. The number of fused-ring (bicyclic) bond motifs is 1.